The smallest absolute Gasteiger partial charge is 0.147 e. The third-order valence-electron chi connectivity index (χ3n) is 3.79. The van der Waals surface area contributed by atoms with E-state index in [0.717, 1.165) is 23.5 Å². The van der Waals surface area contributed by atoms with Gasteiger partial charge in [-0.15, -0.1) is 0 Å². The van der Waals surface area contributed by atoms with Gasteiger partial charge in [0.05, 0.1) is 11.9 Å². The Labute approximate surface area is 90.5 Å². The normalized spacial score (nSPS) is 29.5. The van der Waals surface area contributed by atoms with Gasteiger partial charge in [0.15, 0.2) is 0 Å². The fourth-order valence-corrected chi connectivity index (χ4v) is 2.86. The zero-order valence-corrected chi connectivity index (χ0v) is 9.19. The molecule has 2 heterocycles. The molecule has 0 N–H and O–H groups in total. The minimum atomic E-state index is 0.759. The molecular weight excluding hydrogens is 186 g/mol. The molecule has 0 amide bonds. The Hall–Kier alpha value is -1.12. The molecule has 0 radical (unpaired) electrons. The summed E-state index contributed by atoms with van der Waals surface area (Å²) in [6.45, 7) is 3.18. The maximum Gasteiger partial charge on any atom is 0.147 e. The molecule has 15 heavy (non-hydrogen) atoms. The van der Waals surface area contributed by atoms with Crippen LogP contribution in [0, 0.1) is 12.8 Å². The van der Waals surface area contributed by atoms with Crippen LogP contribution in [0.3, 0.4) is 0 Å². The summed E-state index contributed by atoms with van der Waals surface area (Å²) < 4.78 is 0. The summed E-state index contributed by atoms with van der Waals surface area (Å²) in [4.78, 5) is 11.3. The third-order valence-corrected chi connectivity index (χ3v) is 3.79. The van der Waals surface area contributed by atoms with Crippen molar-refractivity contribution in [3.05, 3.63) is 18.1 Å². The van der Waals surface area contributed by atoms with Gasteiger partial charge in [-0.25, -0.2) is 4.98 Å². The number of anilines is 1. The molecule has 80 valence electrons. The molecule has 0 bridgehead atoms. The predicted molar refractivity (Wildman–Crippen MR) is 59.9 cm³/mol. The molecule has 3 heteroatoms. The number of piperidine rings is 1. The van der Waals surface area contributed by atoms with E-state index < -0.39 is 0 Å². The second-order valence-electron chi connectivity index (χ2n) is 4.76. The molecule has 0 aromatic carbocycles. The van der Waals surface area contributed by atoms with E-state index in [9.17, 15) is 0 Å². The Morgan fingerprint density at radius 2 is 2.20 bits per heavy atom. The molecule has 3 nitrogen and oxygen atoms in total. The Kier molecular flexibility index (Phi) is 2.11. The van der Waals surface area contributed by atoms with Crippen molar-refractivity contribution in [2.45, 2.75) is 38.6 Å². The topological polar surface area (TPSA) is 29.0 Å². The van der Waals surface area contributed by atoms with E-state index in [2.05, 4.69) is 14.9 Å². The zero-order valence-electron chi connectivity index (χ0n) is 9.19. The van der Waals surface area contributed by atoms with Crippen LogP contribution in [-0.4, -0.2) is 22.6 Å². The van der Waals surface area contributed by atoms with Crippen LogP contribution in [-0.2, 0) is 0 Å². The van der Waals surface area contributed by atoms with Crippen LogP contribution in [0.1, 0.15) is 31.4 Å². The van der Waals surface area contributed by atoms with E-state index in [-0.39, 0.29) is 0 Å². The standard InChI is InChI=1S/C12H17N3/c1-9-7-13-8-12(14-9)15-6-2-3-10-4-5-11(10)15/h7-8,10-11H,2-6H2,1H3. The lowest BCUT2D eigenvalue weighted by Gasteiger charge is -2.48. The SMILES string of the molecule is Cc1cncc(N2CCCC3CCC32)n1. The largest absolute Gasteiger partial charge is 0.352 e. The van der Waals surface area contributed by atoms with Crippen molar-refractivity contribution in [2.75, 3.05) is 11.4 Å². The minimum Gasteiger partial charge on any atom is -0.352 e. The van der Waals surface area contributed by atoms with Crippen LogP contribution < -0.4 is 4.90 Å². The monoisotopic (exact) mass is 203 g/mol. The van der Waals surface area contributed by atoms with Crippen LogP contribution in [0.4, 0.5) is 5.82 Å². The molecule has 2 unspecified atom stereocenters. The van der Waals surface area contributed by atoms with Gasteiger partial charge in [-0.2, -0.15) is 0 Å². The second-order valence-corrected chi connectivity index (χ2v) is 4.76. The number of hydrogen-bond acceptors (Lipinski definition) is 3. The van der Waals surface area contributed by atoms with Crippen LogP contribution >= 0.6 is 0 Å². The van der Waals surface area contributed by atoms with Gasteiger partial charge in [-0.3, -0.25) is 4.98 Å². The molecule has 2 fully saturated rings. The Morgan fingerprint density at radius 1 is 1.27 bits per heavy atom. The number of aromatic nitrogens is 2. The van der Waals surface area contributed by atoms with Crippen LogP contribution in [0.2, 0.25) is 0 Å². The van der Waals surface area contributed by atoms with Gasteiger partial charge in [-0.05, 0) is 38.5 Å². The van der Waals surface area contributed by atoms with E-state index >= 15 is 0 Å². The molecule has 1 aliphatic heterocycles. The number of rotatable bonds is 1. The van der Waals surface area contributed by atoms with E-state index in [0.29, 0.717) is 0 Å². The van der Waals surface area contributed by atoms with Gasteiger partial charge in [0.2, 0.25) is 0 Å². The lowest BCUT2D eigenvalue weighted by molar-refractivity contribution is 0.193. The van der Waals surface area contributed by atoms with Crippen LogP contribution in [0.25, 0.3) is 0 Å². The summed E-state index contributed by atoms with van der Waals surface area (Å²) in [6, 6.07) is 0.759. The quantitative estimate of drug-likeness (QED) is 0.700. The summed E-state index contributed by atoms with van der Waals surface area (Å²) in [7, 11) is 0. The zero-order chi connectivity index (χ0) is 10.3. The van der Waals surface area contributed by atoms with Crippen molar-refractivity contribution in [2.24, 2.45) is 5.92 Å². The van der Waals surface area contributed by atoms with E-state index in [1.807, 2.05) is 19.3 Å². The van der Waals surface area contributed by atoms with Crippen molar-refractivity contribution >= 4 is 5.82 Å². The first kappa shape index (κ1) is 9.13. The first-order chi connectivity index (χ1) is 7.34. The van der Waals surface area contributed by atoms with Gasteiger partial charge >= 0.3 is 0 Å². The summed E-state index contributed by atoms with van der Waals surface area (Å²) in [6.07, 6.45) is 9.23. The summed E-state index contributed by atoms with van der Waals surface area (Å²) in [5, 5.41) is 0. The van der Waals surface area contributed by atoms with Crippen molar-refractivity contribution in [3.8, 4) is 0 Å². The highest BCUT2D eigenvalue weighted by atomic mass is 15.2. The molecule has 2 atom stereocenters. The number of aryl methyl sites for hydroxylation is 1. The third kappa shape index (κ3) is 1.50. The van der Waals surface area contributed by atoms with E-state index in [1.165, 1.54) is 32.2 Å². The predicted octanol–water partition coefficient (Wildman–Crippen LogP) is 2.16. The molecule has 3 rings (SSSR count). The molecule has 1 saturated carbocycles. The average Bonchev–Trinajstić information content (AvgIpc) is 2.19. The molecule has 1 saturated heterocycles. The molecule has 0 spiro atoms. The minimum absolute atomic E-state index is 0.759. The Morgan fingerprint density at radius 3 is 2.93 bits per heavy atom. The maximum atomic E-state index is 4.58. The summed E-state index contributed by atoms with van der Waals surface area (Å²) >= 11 is 0. The van der Waals surface area contributed by atoms with Crippen molar-refractivity contribution < 1.29 is 0 Å². The Balaban J connectivity index is 1.86. The lowest BCUT2D eigenvalue weighted by Crippen LogP contribution is -2.51. The highest BCUT2D eigenvalue weighted by Gasteiger charge is 2.38. The molecule has 1 aliphatic carbocycles. The molecule has 1 aromatic heterocycles. The fraction of sp³-hybridized carbons (Fsp3) is 0.667. The van der Waals surface area contributed by atoms with E-state index in [1.54, 1.807) is 0 Å². The van der Waals surface area contributed by atoms with Gasteiger partial charge in [0, 0.05) is 18.8 Å². The first-order valence-electron chi connectivity index (χ1n) is 5.90. The van der Waals surface area contributed by atoms with Gasteiger partial charge in [-0.1, -0.05) is 0 Å². The lowest BCUT2D eigenvalue weighted by atomic mass is 9.73. The highest BCUT2D eigenvalue weighted by molar-refractivity contribution is 5.39. The second kappa shape index (κ2) is 3.47. The van der Waals surface area contributed by atoms with Crippen molar-refractivity contribution in [3.63, 3.8) is 0 Å². The fourth-order valence-electron chi connectivity index (χ4n) is 2.86. The summed E-state index contributed by atoms with van der Waals surface area (Å²) in [5.41, 5.74) is 1.02. The Bertz CT molecular complexity index is 364. The van der Waals surface area contributed by atoms with Crippen molar-refractivity contribution in [1.29, 1.82) is 0 Å². The molecule has 1 aromatic rings. The maximum absolute atomic E-state index is 4.58. The number of nitrogens with zero attached hydrogens (tertiary/aromatic N) is 3. The van der Waals surface area contributed by atoms with Gasteiger partial charge in [0.1, 0.15) is 5.82 Å². The number of hydrogen-bond donors (Lipinski definition) is 0. The van der Waals surface area contributed by atoms with Crippen LogP contribution in [0.5, 0.6) is 0 Å². The van der Waals surface area contributed by atoms with Crippen LogP contribution in [0.15, 0.2) is 12.4 Å². The highest BCUT2D eigenvalue weighted by Crippen LogP contribution is 2.40. The van der Waals surface area contributed by atoms with Gasteiger partial charge in [0.25, 0.3) is 0 Å². The van der Waals surface area contributed by atoms with Crippen molar-refractivity contribution in [1.82, 2.24) is 9.97 Å². The molecular formula is C12H17N3. The number of fused-ring (bicyclic) bond motifs is 1. The first-order valence-corrected chi connectivity index (χ1v) is 5.90. The summed E-state index contributed by atoms with van der Waals surface area (Å²) in [5.74, 6) is 2.02. The average molecular weight is 203 g/mol. The van der Waals surface area contributed by atoms with E-state index in [4.69, 9.17) is 0 Å². The molecule has 2 aliphatic rings. The van der Waals surface area contributed by atoms with Gasteiger partial charge < -0.3 is 4.90 Å².